The molecule has 1 aliphatic carbocycles. The van der Waals surface area contributed by atoms with Gasteiger partial charge in [0.05, 0.1) is 0 Å². The Kier molecular flexibility index (Phi) is 5.93. The van der Waals surface area contributed by atoms with Crippen molar-refractivity contribution >= 4 is 0 Å². The Morgan fingerprint density at radius 1 is 1.06 bits per heavy atom. The van der Waals surface area contributed by atoms with E-state index in [4.69, 9.17) is 0 Å². The van der Waals surface area contributed by atoms with Crippen LogP contribution in [0.4, 0.5) is 0 Å². The summed E-state index contributed by atoms with van der Waals surface area (Å²) in [6, 6.07) is 0. The first kappa shape index (κ1) is 14.3. The van der Waals surface area contributed by atoms with Gasteiger partial charge in [-0.15, -0.1) is 0 Å². The molecule has 3 heteroatoms. The van der Waals surface area contributed by atoms with Gasteiger partial charge in [0.15, 0.2) is 0 Å². The molecule has 1 aliphatic heterocycles. The van der Waals surface area contributed by atoms with Gasteiger partial charge >= 0.3 is 0 Å². The van der Waals surface area contributed by atoms with Crippen LogP contribution in [0.15, 0.2) is 0 Å². The molecule has 106 valence electrons. The van der Waals surface area contributed by atoms with Crippen molar-refractivity contribution in [2.24, 2.45) is 11.8 Å². The normalized spacial score (nSPS) is 22.8. The maximum absolute atomic E-state index is 3.53. The molecule has 0 aromatic heterocycles. The van der Waals surface area contributed by atoms with E-state index in [0.717, 1.165) is 18.4 Å². The molecule has 3 nitrogen and oxygen atoms in total. The second kappa shape index (κ2) is 7.46. The van der Waals surface area contributed by atoms with E-state index < -0.39 is 0 Å². The van der Waals surface area contributed by atoms with Gasteiger partial charge in [-0.05, 0) is 50.7 Å². The maximum Gasteiger partial charge on any atom is 0.0110 e. The average Bonchev–Trinajstić information content (AvgIpc) is 3.14. The maximum atomic E-state index is 3.53. The third kappa shape index (κ3) is 5.68. The summed E-state index contributed by atoms with van der Waals surface area (Å²) in [7, 11) is 0. The fourth-order valence-electron chi connectivity index (χ4n) is 2.68. The summed E-state index contributed by atoms with van der Waals surface area (Å²) in [5.41, 5.74) is 0. The van der Waals surface area contributed by atoms with Crippen LogP contribution in [-0.4, -0.2) is 62.2 Å². The molecule has 1 N–H and O–H groups in total. The number of hydrogen-bond acceptors (Lipinski definition) is 3. The molecule has 18 heavy (non-hydrogen) atoms. The van der Waals surface area contributed by atoms with Crippen LogP contribution in [0.3, 0.4) is 0 Å². The van der Waals surface area contributed by atoms with Crippen LogP contribution in [0, 0.1) is 11.8 Å². The van der Waals surface area contributed by atoms with Gasteiger partial charge in [0.2, 0.25) is 0 Å². The smallest absolute Gasteiger partial charge is 0.0110 e. The zero-order valence-corrected chi connectivity index (χ0v) is 12.3. The largest absolute Gasteiger partial charge is 0.316 e. The van der Waals surface area contributed by atoms with E-state index in [1.54, 1.807) is 0 Å². The Labute approximate surface area is 113 Å². The molecule has 0 unspecified atom stereocenters. The van der Waals surface area contributed by atoms with Crippen LogP contribution in [-0.2, 0) is 0 Å². The van der Waals surface area contributed by atoms with Crippen molar-refractivity contribution in [1.29, 1.82) is 0 Å². The van der Waals surface area contributed by atoms with Crippen LogP contribution >= 0.6 is 0 Å². The highest BCUT2D eigenvalue weighted by Crippen LogP contribution is 2.29. The third-order valence-electron chi connectivity index (χ3n) is 4.06. The lowest BCUT2D eigenvalue weighted by molar-refractivity contribution is 0.127. The second-order valence-corrected chi connectivity index (χ2v) is 6.54. The Morgan fingerprint density at radius 3 is 2.33 bits per heavy atom. The second-order valence-electron chi connectivity index (χ2n) is 6.54. The van der Waals surface area contributed by atoms with E-state index in [1.165, 1.54) is 65.1 Å². The van der Waals surface area contributed by atoms with E-state index >= 15 is 0 Å². The number of nitrogens with one attached hydrogen (secondary N) is 1. The molecule has 0 amide bonds. The summed E-state index contributed by atoms with van der Waals surface area (Å²) in [4.78, 5) is 5.31. The van der Waals surface area contributed by atoms with Gasteiger partial charge in [0.1, 0.15) is 0 Å². The fourth-order valence-corrected chi connectivity index (χ4v) is 2.68. The topological polar surface area (TPSA) is 18.5 Å². The zero-order valence-electron chi connectivity index (χ0n) is 12.3. The minimum Gasteiger partial charge on any atom is -0.316 e. The standard InChI is InChI=1S/C15H31N3/c1-14(2)12-16-6-3-7-17-8-10-18(11-9-17)13-15-4-5-15/h14-16H,3-13H2,1-2H3. The highest BCUT2D eigenvalue weighted by Gasteiger charge is 2.26. The first-order valence-corrected chi connectivity index (χ1v) is 7.89. The van der Waals surface area contributed by atoms with E-state index in [-0.39, 0.29) is 0 Å². The lowest BCUT2D eigenvalue weighted by atomic mass is 10.2. The Morgan fingerprint density at radius 2 is 1.72 bits per heavy atom. The molecule has 0 radical (unpaired) electrons. The predicted molar refractivity (Wildman–Crippen MR) is 77.9 cm³/mol. The van der Waals surface area contributed by atoms with Gasteiger partial charge in [-0.1, -0.05) is 13.8 Å². The van der Waals surface area contributed by atoms with Gasteiger partial charge < -0.3 is 15.1 Å². The highest BCUT2D eigenvalue weighted by molar-refractivity contribution is 4.80. The van der Waals surface area contributed by atoms with Gasteiger partial charge in [-0.3, -0.25) is 0 Å². The summed E-state index contributed by atoms with van der Waals surface area (Å²) in [5, 5.41) is 3.53. The number of nitrogens with zero attached hydrogens (tertiary/aromatic N) is 2. The van der Waals surface area contributed by atoms with Crippen LogP contribution in [0.25, 0.3) is 0 Å². The first-order valence-electron chi connectivity index (χ1n) is 7.89. The summed E-state index contributed by atoms with van der Waals surface area (Å²) < 4.78 is 0. The van der Waals surface area contributed by atoms with Crippen LogP contribution in [0.2, 0.25) is 0 Å². The summed E-state index contributed by atoms with van der Waals surface area (Å²) >= 11 is 0. The summed E-state index contributed by atoms with van der Waals surface area (Å²) in [5.74, 6) is 1.83. The Bertz CT molecular complexity index is 218. The number of rotatable bonds is 8. The molecule has 2 aliphatic rings. The van der Waals surface area contributed by atoms with Gasteiger partial charge in [-0.25, -0.2) is 0 Å². The summed E-state index contributed by atoms with van der Waals surface area (Å²) in [6.07, 6.45) is 4.28. The fraction of sp³-hybridized carbons (Fsp3) is 1.00. The zero-order chi connectivity index (χ0) is 12.8. The molecule has 0 atom stereocenters. The summed E-state index contributed by atoms with van der Waals surface area (Å²) in [6.45, 7) is 14.7. The lowest BCUT2D eigenvalue weighted by Crippen LogP contribution is -2.47. The van der Waals surface area contributed by atoms with Gasteiger partial charge in [-0.2, -0.15) is 0 Å². The molecule has 0 bridgehead atoms. The monoisotopic (exact) mass is 253 g/mol. The van der Waals surface area contributed by atoms with Gasteiger partial charge in [0, 0.05) is 32.7 Å². The molecule has 1 saturated heterocycles. The molecule has 2 rings (SSSR count). The quantitative estimate of drug-likeness (QED) is 0.664. The van der Waals surface area contributed by atoms with Crippen molar-refractivity contribution in [3.63, 3.8) is 0 Å². The minimum atomic E-state index is 0.774. The van der Waals surface area contributed by atoms with E-state index in [2.05, 4.69) is 29.0 Å². The van der Waals surface area contributed by atoms with E-state index in [1.807, 2.05) is 0 Å². The minimum absolute atomic E-state index is 0.774. The van der Waals surface area contributed by atoms with E-state index in [9.17, 15) is 0 Å². The molecular formula is C15H31N3. The highest BCUT2D eigenvalue weighted by atomic mass is 15.3. The molecule has 0 aromatic rings. The molecule has 0 aromatic carbocycles. The average molecular weight is 253 g/mol. The van der Waals surface area contributed by atoms with E-state index in [0.29, 0.717) is 0 Å². The van der Waals surface area contributed by atoms with Gasteiger partial charge in [0.25, 0.3) is 0 Å². The van der Waals surface area contributed by atoms with Crippen molar-refractivity contribution in [3.8, 4) is 0 Å². The van der Waals surface area contributed by atoms with Crippen LogP contribution < -0.4 is 5.32 Å². The number of piperazine rings is 1. The molecular weight excluding hydrogens is 222 g/mol. The predicted octanol–water partition coefficient (Wildman–Crippen LogP) is 1.65. The molecule has 0 spiro atoms. The van der Waals surface area contributed by atoms with Crippen molar-refractivity contribution in [3.05, 3.63) is 0 Å². The van der Waals surface area contributed by atoms with Crippen molar-refractivity contribution in [2.45, 2.75) is 33.1 Å². The lowest BCUT2D eigenvalue weighted by Gasteiger charge is -2.34. The Hall–Kier alpha value is -0.120. The van der Waals surface area contributed by atoms with Crippen LogP contribution in [0.1, 0.15) is 33.1 Å². The van der Waals surface area contributed by atoms with Crippen molar-refractivity contribution < 1.29 is 0 Å². The third-order valence-corrected chi connectivity index (χ3v) is 4.06. The SMILES string of the molecule is CC(C)CNCCCN1CCN(CC2CC2)CC1. The molecule has 1 saturated carbocycles. The molecule has 2 fully saturated rings. The molecule has 1 heterocycles. The number of hydrogen-bond donors (Lipinski definition) is 1. The van der Waals surface area contributed by atoms with Crippen molar-refractivity contribution in [2.75, 3.05) is 52.4 Å². The van der Waals surface area contributed by atoms with Crippen molar-refractivity contribution in [1.82, 2.24) is 15.1 Å². The Balaban J connectivity index is 1.45. The first-order chi connectivity index (χ1) is 8.74. The van der Waals surface area contributed by atoms with Crippen LogP contribution in [0.5, 0.6) is 0 Å².